The van der Waals surface area contributed by atoms with Crippen LogP contribution in [0.2, 0.25) is 0 Å². The molecule has 1 aromatic carbocycles. The third kappa shape index (κ3) is 2.45. The molecule has 0 saturated carbocycles. The molecule has 0 unspecified atom stereocenters. The summed E-state index contributed by atoms with van der Waals surface area (Å²) in [6.45, 7) is -0.208. The summed E-state index contributed by atoms with van der Waals surface area (Å²) in [5.74, 6) is -1.01. The Bertz CT molecular complexity index is 536. The van der Waals surface area contributed by atoms with Crippen LogP contribution in [-0.2, 0) is 15.6 Å². The smallest absolute Gasteiger partial charge is 0.264 e. The van der Waals surface area contributed by atoms with Crippen LogP contribution in [0.3, 0.4) is 0 Å². The van der Waals surface area contributed by atoms with E-state index in [0.29, 0.717) is 0 Å². The number of nitrogens with zero attached hydrogens (tertiary/aromatic N) is 1. The molecule has 1 rings (SSSR count). The highest BCUT2D eigenvalue weighted by molar-refractivity contribution is 8.13. The molecule has 0 aliphatic heterocycles. The molecule has 0 aromatic heterocycles. The lowest BCUT2D eigenvalue weighted by molar-refractivity contribution is 0.564. The molecule has 0 aliphatic carbocycles. The average molecular weight is 249 g/mol. The summed E-state index contributed by atoms with van der Waals surface area (Å²) < 4.78 is 35.4. The van der Waals surface area contributed by atoms with Gasteiger partial charge in [0.2, 0.25) is 0 Å². The molecule has 0 aliphatic rings. The third-order valence-electron chi connectivity index (χ3n) is 1.73. The Morgan fingerprint density at radius 2 is 2.13 bits per heavy atom. The summed E-state index contributed by atoms with van der Waals surface area (Å²) in [4.78, 5) is -0.719. The van der Waals surface area contributed by atoms with Crippen molar-refractivity contribution in [3.8, 4) is 6.07 Å². The van der Waals surface area contributed by atoms with E-state index >= 15 is 0 Å². The van der Waals surface area contributed by atoms with Crippen LogP contribution in [0.1, 0.15) is 11.1 Å². The van der Waals surface area contributed by atoms with Crippen LogP contribution in [0, 0.1) is 17.1 Å². The van der Waals surface area contributed by atoms with E-state index < -0.39 is 19.8 Å². The Hall–Kier alpha value is -1.16. The minimum Gasteiger partial charge on any atom is -0.326 e. The Morgan fingerprint density at radius 3 is 2.53 bits per heavy atom. The number of nitrogens with two attached hydrogens (primary N) is 1. The van der Waals surface area contributed by atoms with Gasteiger partial charge >= 0.3 is 0 Å². The lowest BCUT2D eigenvalue weighted by Crippen LogP contribution is -2.05. The number of benzene rings is 1. The van der Waals surface area contributed by atoms with Crippen LogP contribution >= 0.6 is 10.7 Å². The summed E-state index contributed by atoms with van der Waals surface area (Å²) in [6, 6.07) is 3.75. The molecule has 0 spiro atoms. The number of nitriles is 1. The van der Waals surface area contributed by atoms with Crippen molar-refractivity contribution in [1.82, 2.24) is 0 Å². The number of rotatable bonds is 2. The van der Waals surface area contributed by atoms with Crippen molar-refractivity contribution < 1.29 is 12.8 Å². The van der Waals surface area contributed by atoms with Crippen molar-refractivity contribution in [3.63, 3.8) is 0 Å². The molecular formula is C8H6ClFN2O2S. The highest BCUT2D eigenvalue weighted by atomic mass is 35.7. The van der Waals surface area contributed by atoms with Gasteiger partial charge < -0.3 is 5.73 Å². The highest BCUT2D eigenvalue weighted by Crippen LogP contribution is 2.23. The monoisotopic (exact) mass is 248 g/mol. The molecule has 0 fully saturated rings. The number of hydrogen-bond donors (Lipinski definition) is 1. The summed E-state index contributed by atoms with van der Waals surface area (Å²) >= 11 is 0. The van der Waals surface area contributed by atoms with Crippen LogP contribution < -0.4 is 5.73 Å². The third-order valence-corrected chi connectivity index (χ3v) is 3.05. The number of halogens is 2. The zero-order valence-corrected chi connectivity index (χ0v) is 8.94. The predicted molar refractivity (Wildman–Crippen MR) is 52.0 cm³/mol. The normalized spacial score (nSPS) is 11.1. The maximum absolute atomic E-state index is 13.4. The molecule has 7 heteroatoms. The predicted octanol–water partition coefficient (Wildman–Crippen LogP) is 1.08. The first-order chi connectivity index (χ1) is 6.90. The fourth-order valence-corrected chi connectivity index (χ4v) is 2.00. The van der Waals surface area contributed by atoms with E-state index in [9.17, 15) is 12.8 Å². The first kappa shape index (κ1) is 11.9. The molecular weight excluding hydrogens is 243 g/mol. The van der Waals surface area contributed by atoms with E-state index in [4.69, 9.17) is 21.7 Å². The lowest BCUT2D eigenvalue weighted by atomic mass is 10.1. The molecule has 80 valence electrons. The van der Waals surface area contributed by atoms with E-state index in [0.717, 1.165) is 6.07 Å². The molecule has 0 saturated heterocycles. The zero-order chi connectivity index (χ0) is 11.6. The van der Waals surface area contributed by atoms with Crippen molar-refractivity contribution in [3.05, 3.63) is 29.1 Å². The minimum absolute atomic E-state index is 0.00363. The van der Waals surface area contributed by atoms with E-state index in [1.165, 1.54) is 6.07 Å². The van der Waals surface area contributed by atoms with Crippen molar-refractivity contribution >= 4 is 19.7 Å². The van der Waals surface area contributed by atoms with Crippen molar-refractivity contribution in [2.24, 2.45) is 5.73 Å². The second-order valence-electron chi connectivity index (χ2n) is 2.70. The summed E-state index contributed by atoms with van der Waals surface area (Å²) in [7, 11) is 0.796. The molecule has 2 N–H and O–H groups in total. The van der Waals surface area contributed by atoms with Gasteiger partial charge in [0, 0.05) is 22.8 Å². The molecule has 15 heavy (non-hydrogen) atoms. The molecule has 0 amide bonds. The summed E-state index contributed by atoms with van der Waals surface area (Å²) in [5.41, 5.74) is 5.13. The van der Waals surface area contributed by atoms with Gasteiger partial charge in [-0.25, -0.2) is 12.8 Å². The molecule has 0 heterocycles. The molecule has 0 atom stereocenters. The van der Waals surface area contributed by atoms with Gasteiger partial charge in [-0.3, -0.25) is 0 Å². The molecule has 1 aromatic rings. The van der Waals surface area contributed by atoms with Crippen LogP contribution in [0.5, 0.6) is 0 Å². The van der Waals surface area contributed by atoms with Crippen LogP contribution in [0.4, 0.5) is 4.39 Å². The fourth-order valence-electron chi connectivity index (χ4n) is 1.05. The van der Waals surface area contributed by atoms with Gasteiger partial charge in [-0.2, -0.15) is 5.26 Å². The first-order valence-corrected chi connectivity index (χ1v) is 6.08. The van der Waals surface area contributed by atoms with Gasteiger partial charge in [0.25, 0.3) is 9.05 Å². The summed E-state index contributed by atoms with van der Waals surface area (Å²) in [5, 5.41) is 8.59. The van der Waals surface area contributed by atoms with Gasteiger partial charge in [-0.05, 0) is 12.1 Å². The molecule has 0 bridgehead atoms. The van der Waals surface area contributed by atoms with E-state index in [-0.39, 0.29) is 17.7 Å². The first-order valence-electron chi connectivity index (χ1n) is 3.77. The largest absolute Gasteiger partial charge is 0.326 e. The van der Waals surface area contributed by atoms with Gasteiger partial charge in [-0.15, -0.1) is 0 Å². The lowest BCUT2D eigenvalue weighted by Gasteiger charge is -2.04. The van der Waals surface area contributed by atoms with Gasteiger partial charge in [0.1, 0.15) is 10.7 Å². The molecule has 4 nitrogen and oxygen atoms in total. The van der Waals surface area contributed by atoms with Crippen molar-refractivity contribution in [1.29, 1.82) is 5.26 Å². The van der Waals surface area contributed by atoms with E-state index in [1.54, 1.807) is 6.07 Å². The van der Waals surface area contributed by atoms with Crippen LogP contribution in [-0.4, -0.2) is 8.42 Å². The quantitative estimate of drug-likeness (QED) is 0.794. The van der Waals surface area contributed by atoms with Gasteiger partial charge in [0.05, 0.1) is 11.6 Å². The molecule has 0 radical (unpaired) electrons. The Balaban J connectivity index is 3.60. The van der Waals surface area contributed by atoms with E-state index in [1.807, 2.05) is 0 Å². The maximum atomic E-state index is 13.4. The maximum Gasteiger partial charge on any atom is 0.264 e. The topological polar surface area (TPSA) is 83.9 Å². The number of hydrogen-bond acceptors (Lipinski definition) is 4. The minimum atomic E-state index is -4.21. The second-order valence-corrected chi connectivity index (χ2v) is 5.24. The Labute approximate surface area is 90.5 Å². The van der Waals surface area contributed by atoms with Crippen LogP contribution in [0.15, 0.2) is 17.0 Å². The Kier molecular flexibility index (Phi) is 3.29. The highest BCUT2D eigenvalue weighted by Gasteiger charge is 2.19. The van der Waals surface area contributed by atoms with Crippen molar-refractivity contribution in [2.45, 2.75) is 11.4 Å². The second kappa shape index (κ2) is 4.14. The van der Waals surface area contributed by atoms with Gasteiger partial charge in [0.15, 0.2) is 0 Å². The standard InChI is InChI=1S/C8H6ClFN2O2S/c9-15(13,14)7-2-5(3-11)1-6(4-12)8(7)10/h1-2H,4,12H2. The average Bonchev–Trinajstić information content (AvgIpc) is 2.16. The SMILES string of the molecule is N#Cc1cc(CN)c(F)c(S(=O)(=O)Cl)c1. The van der Waals surface area contributed by atoms with Gasteiger partial charge in [-0.1, -0.05) is 0 Å². The van der Waals surface area contributed by atoms with E-state index in [2.05, 4.69) is 0 Å². The van der Waals surface area contributed by atoms with Crippen molar-refractivity contribution in [2.75, 3.05) is 0 Å². The fraction of sp³-hybridized carbons (Fsp3) is 0.125. The Morgan fingerprint density at radius 1 is 1.53 bits per heavy atom. The summed E-state index contributed by atoms with van der Waals surface area (Å²) in [6.07, 6.45) is 0. The van der Waals surface area contributed by atoms with Crippen LogP contribution in [0.25, 0.3) is 0 Å². The zero-order valence-electron chi connectivity index (χ0n) is 7.37.